The number of nitrogens with zero attached hydrogens (tertiary/aromatic N) is 1. The zero-order chi connectivity index (χ0) is 14.5. The van der Waals surface area contributed by atoms with E-state index in [1.54, 1.807) is 11.3 Å². The van der Waals surface area contributed by atoms with Crippen molar-refractivity contribution in [3.05, 3.63) is 50.4 Å². The quantitative estimate of drug-likeness (QED) is 0.825. The number of aryl methyl sites for hydroxylation is 1. The first-order chi connectivity index (χ1) is 9.54. The third kappa shape index (κ3) is 4.69. The fraction of sp³-hybridized carbons (Fsp3) is 0.438. The molecule has 0 spiro atoms. The van der Waals surface area contributed by atoms with Gasteiger partial charge >= 0.3 is 0 Å². The summed E-state index contributed by atoms with van der Waals surface area (Å²) in [4.78, 5) is 5.73. The summed E-state index contributed by atoms with van der Waals surface area (Å²) in [6, 6.07) is 9.18. The molecule has 0 aliphatic rings. The summed E-state index contributed by atoms with van der Waals surface area (Å²) in [5.74, 6) is 0.491. The van der Waals surface area contributed by atoms with Crippen molar-refractivity contribution in [2.45, 2.75) is 39.2 Å². The lowest BCUT2D eigenvalue weighted by Gasteiger charge is -2.19. The summed E-state index contributed by atoms with van der Waals surface area (Å²) >= 11 is 5.30. The van der Waals surface area contributed by atoms with E-state index >= 15 is 0 Å². The topological polar surface area (TPSA) is 24.9 Å². The highest BCUT2D eigenvalue weighted by Crippen LogP contribution is 2.25. The van der Waals surface area contributed by atoms with E-state index in [-0.39, 0.29) is 0 Å². The van der Waals surface area contributed by atoms with Crippen molar-refractivity contribution in [1.82, 2.24) is 10.3 Å². The van der Waals surface area contributed by atoms with Gasteiger partial charge in [-0.15, -0.1) is 11.3 Å². The van der Waals surface area contributed by atoms with Crippen molar-refractivity contribution < 1.29 is 0 Å². The van der Waals surface area contributed by atoms with Crippen molar-refractivity contribution >= 4 is 27.3 Å². The van der Waals surface area contributed by atoms with Crippen molar-refractivity contribution in [2.75, 3.05) is 6.54 Å². The summed E-state index contributed by atoms with van der Waals surface area (Å²) in [5, 5.41) is 4.70. The van der Waals surface area contributed by atoms with Crippen LogP contribution in [0.4, 0.5) is 0 Å². The molecule has 108 valence electrons. The molecule has 1 N–H and O–H groups in total. The minimum absolute atomic E-state index is 0.491. The molecule has 2 nitrogen and oxygen atoms in total. The SMILES string of the molecule is Cc1ncc(CC(CNC(C)C)c2ccc(Br)cc2)s1. The smallest absolute Gasteiger partial charge is 0.0896 e. The van der Waals surface area contributed by atoms with Crippen molar-refractivity contribution in [3.8, 4) is 0 Å². The van der Waals surface area contributed by atoms with Crippen LogP contribution in [0.1, 0.15) is 35.2 Å². The molecule has 4 heteroatoms. The molecule has 1 unspecified atom stereocenters. The van der Waals surface area contributed by atoms with Crippen LogP contribution >= 0.6 is 27.3 Å². The first kappa shape index (κ1) is 15.7. The van der Waals surface area contributed by atoms with E-state index in [0.29, 0.717) is 12.0 Å². The average Bonchev–Trinajstić information content (AvgIpc) is 2.81. The van der Waals surface area contributed by atoms with Crippen molar-refractivity contribution in [1.29, 1.82) is 0 Å². The Bertz CT molecular complexity index is 534. The van der Waals surface area contributed by atoms with Crippen LogP contribution in [0.2, 0.25) is 0 Å². The molecule has 1 heterocycles. The van der Waals surface area contributed by atoms with E-state index in [1.165, 1.54) is 10.4 Å². The Morgan fingerprint density at radius 3 is 2.50 bits per heavy atom. The van der Waals surface area contributed by atoms with Crippen LogP contribution < -0.4 is 5.32 Å². The van der Waals surface area contributed by atoms with Gasteiger partial charge in [0.05, 0.1) is 5.01 Å². The van der Waals surface area contributed by atoms with Gasteiger partial charge in [0.25, 0.3) is 0 Å². The lowest BCUT2D eigenvalue weighted by atomic mass is 9.95. The Kier molecular flexibility index (Phi) is 5.75. The van der Waals surface area contributed by atoms with Crippen LogP contribution in [0.15, 0.2) is 34.9 Å². The monoisotopic (exact) mass is 352 g/mol. The van der Waals surface area contributed by atoms with Crippen LogP contribution in [-0.2, 0) is 6.42 Å². The second-order valence-corrected chi connectivity index (χ2v) is 7.60. The van der Waals surface area contributed by atoms with Gasteiger partial charge in [-0.05, 0) is 31.0 Å². The molecule has 2 aromatic rings. The molecule has 0 aliphatic carbocycles. The lowest BCUT2D eigenvalue weighted by molar-refractivity contribution is 0.528. The second kappa shape index (κ2) is 7.34. The normalized spacial score (nSPS) is 12.8. The number of aromatic nitrogens is 1. The molecule has 0 saturated carbocycles. The van der Waals surface area contributed by atoms with Crippen LogP contribution in [0.3, 0.4) is 0 Å². The first-order valence-corrected chi connectivity index (χ1v) is 8.55. The van der Waals surface area contributed by atoms with Gasteiger partial charge in [0.15, 0.2) is 0 Å². The standard InChI is InChI=1S/C16H21BrN2S/c1-11(2)18-9-14(8-16-10-19-12(3)20-16)13-4-6-15(17)7-5-13/h4-7,10-11,14,18H,8-9H2,1-3H3. The summed E-state index contributed by atoms with van der Waals surface area (Å²) in [5.41, 5.74) is 1.38. The molecule has 0 fully saturated rings. The fourth-order valence-electron chi connectivity index (χ4n) is 2.16. The molecule has 1 aromatic carbocycles. The van der Waals surface area contributed by atoms with Crippen LogP contribution in [0.5, 0.6) is 0 Å². The van der Waals surface area contributed by atoms with E-state index in [1.807, 2.05) is 6.20 Å². The third-order valence-corrected chi connectivity index (χ3v) is 4.69. The maximum Gasteiger partial charge on any atom is 0.0896 e. The molecule has 0 amide bonds. The molecule has 2 rings (SSSR count). The lowest BCUT2D eigenvalue weighted by Crippen LogP contribution is -2.28. The molecule has 1 atom stereocenters. The Balaban J connectivity index is 2.13. The summed E-state index contributed by atoms with van der Waals surface area (Å²) < 4.78 is 1.13. The summed E-state index contributed by atoms with van der Waals surface area (Å²) in [6.07, 6.45) is 3.06. The van der Waals surface area contributed by atoms with Gasteiger partial charge < -0.3 is 5.32 Å². The maximum atomic E-state index is 4.36. The second-order valence-electron chi connectivity index (χ2n) is 5.36. The van der Waals surface area contributed by atoms with Crippen molar-refractivity contribution in [2.24, 2.45) is 0 Å². The maximum absolute atomic E-state index is 4.36. The minimum Gasteiger partial charge on any atom is -0.314 e. The molecule has 0 saturated heterocycles. The molecule has 0 aliphatic heterocycles. The van der Waals surface area contributed by atoms with Gasteiger partial charge in [0.2, 0.25) is 0 Å². The molecule has 1 aromatic heterocycles. The Hall–Kier alpha value is -0.710. The number of nitrogens with one attached hydrogen (secondary N) is 1. The van der Waals surface area contributed by atoms with E-state index in [9.17, 15) is 0 Å². The third-order valence-electron chi connectivity index (χ3n) is 3.23. The molecule has 0 radical (unpaired) electrons. The zero-order valence-corrected chi connectivity index (χ0v) is 14.6. The Labute approximate surface area is 133 Å². The van der Waals surface area contributed by atoms with Gasteiger partial charge in [-0.2, -0.15) is 0 Å². The predicted octanol–water partition coefficient (Wildman–Crippen LogP) is 4.54. The number of thiazole rings is 1. The molecule has 20 heavy (non-hydrogen) atoms. The number of benzene rings is 1. The van der Waals surface area contributed by atoms with Crippen molar-refractivity contribution in [3.63, 3.8) is 0 Å². The van der Waals surface area contributed by atoms with E-state index in [2.05, 4.69) is 71.3 Å². The highest BCUT2D eigenvalue weighted by Gasteiger charge is 2.14. The largest absolute Gasteiger partial charge is 0.314 e. The van der Waals surface area contributed by atoms with Crippen LogP contribution in [-0.4, -0.2) is 17.6 Å². The Morgan fingerprint density at radius 2 is 1.95 bits per heavy atom. The van der Waals surface area contributed by atoms with E-state index < -0.39 is 0 Å². The Morgan fingerprint density at radius 1 is 1.25 bits per heavy atom. The molecule has 0 bridgehead atoms. The number of hydrogen-bond acceptors (Lipinski definition) is 3. The summed E-state index contributed by atoms with van der Waals surface area (Å²) in [6.45, 7) is 7.44. The van der Waals surface area contributed by atoms with E-state index in [4.69, 9.17) is 0 Å². The fourth-order valence-corrected chi connectivity index (χ4v) is 3.30. The average molecular weight is 353 g/mol. The van der Waals surface area contributed by atoms with Crippen LogP contribution in [0, 0.1) is 6.92 Å². The first-order valence-electron chi connectivity index (χ1n) is 6.94. The zero-order valence-electron chi connectivity index (χ0n) is 12.2. The minimum atomic E-state index is 0.491. The van der Waals surface area contributed by atoms with Gasteiger partial charge in [0, 0.05) is 34.1 Å². The number of halogens is 1. The number of rotatable bonds is 6. The van der Waals surface area contributed by atoms with Gasteiger partial charge in [-0.3, -0.25) is 0 Å². The van der Waals surface area contributed by atoms with Crippen LogP contribution in [0.25, 0.3) is 0 Å². The van der Waals surface area contributed by atoms with E-state index in [0.717, 1.165) is 22.4 Å². The molecular weight excluding hydrogens is 332 g/mol. The van der Waals surface area contributed by atoms with Gasteiger partial charge in [-0.1, -0.05) is 41.9 Å². The van der Waals surface area contributed by atoms with Gasteiger partial charge in [0.1, 0.15) is 0 Å². The number of hydrogen-bond donors (Lipinski definition) is 1. The molecular formula is C16H21BrN2S. The predicted molar refractivity (Wildman–Crippen MR) is 90.6 cm³/mol. The van der Waals surface area contributed by atoms with Gasteiger partial charge in [-0.25, -0.2) is 4.98 Å². The highest BCUT2D eigenvalue weighted by atomic mass is 79.9. The highest BCUT2D eigenvalue weighted by molar-refractivity contribution is 9.10. The summed E-state index contributed by atoms with van der Waals surface area (Å²) in [7, 11) is 0.